The van der Waals surface area contributed by atoms with Crippen LogP contribution < -0.4 is 0 Å². The summed E-state index contributed by atoms with van der Waals surface area (Å²) in [5.74, 6) is -0.0577. The highest BCUT2D eigenvalue weighted by Gasteiger charge is 2.31. The molecule has 4 rings (SSSR count). The number of benzene rings is 1. The molecule has 1 atom stereocenters. The lowest BCUT2D eigenvalue weighted by Gasteiger charge is -2.35. The molecule has 0 saturated heterocycles. The summed E-state index contributed by atoms with van der Waals surface area (Å²) in [6, 6.07) is 7.66. The van der Waals surface area contributed by atoms with Crippen molar-refractivity contribution < 1.29 is 4.79 Å². The van der Waals surface area contributed by atoms with Gasteiger partial charge < -0.3 is 9.47 Å². The van der Waals surface area contributed by atoms with Gasteiger partial charge >= 0.3 is 0 Å². The van der Waals surface area contributed by atoms with E-state index >= 15 is 0 Å². The van der Waals surface area contributed by atoms with E-state index in [2.05, 4.69) is 15.6 Å². The quantitative estimate of drug-likeness (QED) is 0.547. The summed E-state index contributed by atoms with van der Waals surface area (Å²) in [5, 5.41) is 3.96. The van der Waals surface area contributed by atoms with Gasteiger partial charge in [0, 0.05) is 34.7 Å². The first-order chi connectivity index (χ1) is 12.9. The Morgan fingerprint density at radius 3 is 2.78 bits per heavy atom. The lowest BCUT2D eigenvalue weighted by atomic mass is 9.93. The smallest absolute Gasteiger partial charge is 0.273 e. The Balaban J connectivity index is 1.63. The number of aryl methyl sites for hydroxylation is 1. The van der Waals surface area contributed by atoms with E-state index in [0.717, 1.165) is 33.9 Å². The molecule has 1 aromatic carbocycles. The number of carbonyl (C=O) groups is 1. The summed E-state index contributed by atoms with van der Waals surface area (Å²) < 4.78 is 2.08. The van der Waals surface area contributed by atoms with Gasteiger partial charge in [-0.05, 0) is 55.7 Å². The van der Waals surface area contributed by atoms with E-state index in [-0.39, 0.29) is 11.9 Å². The van der Waals surface area contributed by atoms with E-state index in [4.69, 9.17) is 23.2 Å². The molecular formula is C20H19Cl2N3OS. The van der Waals surface area contributed by atoms with Crippen molar-refractivity contribution in [3.63, 3.8) is 0 Å². The highest BCUT2D eigenvalue weighted by atomic mass is 35.5. The fraction of sp³-hybridized carbons (Fsp3) is 0.300. The standard InChI is InChI=1S/C20H19Cl2N3OS/c1-11-4-5-18(24(11)3)19-23-17(10-27-19)20(26)25-7-6-14-15(12(25)2)8-13(21)9-16(14)22/h4-5,8-10,12H,6-7H2,1-3H3. The molecule has 3 aromatic rings. The van der Waals surface area contributed by atoms with Gasteiger partial charge in [-0.25, -0.2) is 4.98 Å². The van der Waals surface area contributed by atoms with Crippen molar-refractivity contribution in [2.45, 2.75) is 26.3 Å². The maximum atomic E-state index is 13.1. The molecule has 0 radical (unpaired) electrons. The van der Waals surface area contributed by atoms with Gasteiger partial charge in [0.15, 0.2) is 0 Å². The number of hydrogen-bond acceptors (Lipinski definition) is 3. The minimum absolute atomic E-state index is 0.0577. The predicted octanol–water partition coefficient (Wildman–Crippen LogP) is 5.52. The summed E-state index contributed by atoms with van der Waals surface area (Å²) in [7, 11) is 2.00. The fourth-order valence-corrected chi connectivity index (χ4v) is 5.05. The van der Waals surface area contributed by atoms with Crippen molar-refractivity contribution in [2.75, 3.05) is 6.54 Å². The number of hydrogen-bond donors (Lipinski definition) is 0. The maximum Gasteiger partial charge on any atom is 0.273 e. The zero-order valence-electron chi connectivity index (χ0n) is 15.3. The molecule has 0 fully saturated rings. The molecule has 0 aliphatic carbocycles. The predicted molar refractivity (Wildman–Crippen MR) is 111 cm³/mol. The molecular weight excluding hydrogens is 401 g/mol. The van der Waals surface area contributed by atoms with E-state index < -0.39 is 0 Å². The van der Waals surface area contributed by atoms with Crippen LogP contribution >= 0.6 is 34.5 Å². The molecule has 27 heavy (non-hydrogen) atoms. The van der Waals surface area contributed by atoms with E-state index in [9.17, 15) is 4.79 Å². The second kappa shape index (κ2) is 6.97. The average Bonchev–Trinajstić information content (AvgIpc) is 3.23. The lowest BCUT2D eigenvalue weighted by Crippen LogP contribution is -2.39. The summed E-state index contributed by atoms with van der Waals surface area (Å²) in [4.78, 5) is 19.6. The molecule has 2 aromatic heterocycles. The van der Waals surface area contributed by atoms with Crippen molar-refractivity contribution in [3.05, 3.63) is 62.2 Å². The van der Waals surface area contributed by atoms with Gasteiger partial charge in [-0.2, -0.15) is 0 Å². The molecule has 1 aliphatic heterocycles. The second-order valence-electron chi connectivity index (χ2n) is 6.84. The van der Waals surface area contributed by atoms with Crippen molar-refractivity contribution in [1.82, 2.24) is 14.5 Å². The van der Waals surface area contributed by atoms with Gasteiger partial charge in [-0.1, -0.05) is 23.2 Å². The Morgan fingerprint density at radius 2 is 2.07 bits per heavy atom. The van der Waals surface area contributed by atoms with Crippen LogP contribution in [0.15, 0.2) is 29.6 Å². The summed E-state index contributed by atoms with van der Waals surface area (Å²) in [5.41, 5.74) is 4.75. The molecule has 1 unspecified atom stereocenters. The number of halogens is 2. The lowest BCUT2D eigenvalue weighted by molar-refractivity contribution is 0.0672. The van der Waals surface area contributed by atoms with Gasteiger partial charge in [0.2, 0.25) is 0 Å². The zero-order chi connectivity index (χ0) is 19.3. The molecule has 3 heterocycles. The van der Waals surface area contributed by atoms with Crippen LogP contribution in [0.5, 0.6) is 0 Å². The third kappa shape index (κ3) is 3.18. The van der Waals surface area contributed by atoms with Crippen LogP contribution in [0.1, 0.15) is 40.3 Å². The molecule has 140 valence electrons. The third-order valence-corrected chi connectivity index (χ3v) is 6.71. The van der Waals surface area contributed by atoms with Gasteiger partial charge in [0.1, 0.15) is 10.7 Å². The summed E-state index contributed by atoms with van der Waals surface area (Å²) in [6.45, 7) is 4.67. The molecule has 0 bridgehead atoms. The van der Waals surface area contributed by atoms with Crippen molar-refractivity contribution in [3.8, 4) is 10.7 Å². The number of fused-ring (bicyclic) bond motifs is 1. The second-order valence-corrected chi connectivity index (χ2v) is 8.54. The highest BCUT2D eigenvalue weighted by Crippen LogP contribution is 2.37. The normalized spacial score (nSPS) is 16.5. The minimum Gasteiger partial charge on any atom is -0.346 e. The molecule has 0 spiro atoms. The third-order valence-electron chi connectivity index (χ3n) is 5.29. The van der Waals surface area contributed by atoms with Crippen LogP contribution in [0, 0.1) is 6.92 Å². The summed E-state index contributed by atoms with van der Waals surface area (Å²) >= 11 is 14.0. The monoisotopic (exact) mass is 419 g/mol. The van der Waals surface area contributed by atoms with Gasteiger partial charge in [0.05, 0.1) is 11.7 Å². The Morgan fingerprint density at radius 1 is 1.30 bits per heavy atom. The number of aromatic nitrogens is 2. The number of amides is 1. The molecule has 1 aliphatic rings. The average molecular weight is 420 g/mol. The first-order valence-electron chi connectivity index (χ1n) is 8.74. The van der Waals surface area contributed by atoms with Crippen LogP contribution in [0.25, 0.3) is 10.7 Å². The number of rotatable bonds is 2. The van der Waals surface area contributed by atoms with E-state index in [1.807, 2.05) is 43.3 Å². The Labute approximate surface area is 172 Å². The topological polar surface area (TPSA) is 38.1 Å². The molecule has 0 saturated carbocycles. The van der Waals surface area contributed by atoms with Crippen LogP contribution in [0.2, 0.25) is 10.0 Å². The molecule has 4 nitrogen and oxygen atoms in total. The highest BCUT2D eigenvalue weighted by molar-refractivity contribution is 7.13. The molecule has 1 amide bonds. The number of carbonyl (C=O) groups excluding carboxylic acids is 1. The first-order valence-corrected chi connectivity index (χ1v) is 10.4. The minimum atomic E-state index is -0.0973. The summed E-state index contributed by atoms with van der Waals surface area (Å²) in [6.07, 6.45) is 0.718. The van der Waals surface area contributed by atoms with Crippen LogP contribution in [0.4, 0.5) is 0 Å². The number of thiazole rings is 1. The van der Waals surface area contributed by atoms with Crippen LogP contribution in [-0.4, -0.2) is 26.9 Å². The number of nitrogens with zero attached hydrogens (tertiary/aromatic N) is 3. The van der Waals surface area contributed by atoms with Gasteiger partial charge in [-0.15, -0.1) is 11.3 Å². The van der Waals surface area contributed by atoms with Crippen LogP contribution in [0.3, 0.4) is 0 Å². The fourth-order valence-electron chi connectivity index (χ4n) is 3.60. The van der Waals surface area contributed by atoms with E-state index in [1.54, 1.807) is 6.07 Å². The zero-order valence-corrected chi connectivity index (χ0v) is 17.6. The van der Waals surface area contributed by atoms with Gasteiger partial charge in [0.25, 0.3) is 5.91 Å². The Hall–Kier alpha value is -1.82. The molecule has 0 N–H and O–H groups in total. The van der Waals surface area contributed by atoms with E-state index in [1.165, 1.54) is 11.3 Å². The first kappa shape index (κ1) is 18.5. The molecule has 7 heteroatoms. The van der Waals surface area contributed by atoms with Crippen molar-refractivity contribution >= 4 is 40.4 Å². The van der Waals surface area contributed by atoms with Crippen molar-refractivity contribution in [1.29, 1.82) is 0 Å². The SMILES string of the molecule is Cc1ccc(-c2nc(C(=O)N3CCc4c(Cl)cc(Cl)cc4C3C)cs2)n1C. The largest absolute Gasteiger partial charge is 0.346 e. The van der Waals surface area contributed by atoms with E-state index in [0.29, 0.717) is 22.3 Å². The van der Waals surface area contributed by atoms with Crippen molar-refractivity contribution in [2.24, 2.45) is 7.05 Å². The maximum absolute atomic E-state index is 13.1. The Kier molecular flexibility index (Phi) is 4.78. The van der Waals surface area contributed by atoms with Crippen LogP contribution in [-0.2, 0) is 13.5 Å². The Bertz CT molecular complexity index is 1040. The van der Waals surface area contributed by atoms with Gasteiger partial charge in [-0.3, -0.25) is 4.79 Å².